The van der Waals surface area contributed by atoms with Crippen molar-refractivity contribution in [1.82, 2.24) is 0 Å². The van der Waals surface area contributed by atoms with E-state index in [0.717, 1.165) is 0 Å². The Morgan fingerprint density at radius 2 is 0.577 bits per heavy atom. The maximum absolute atomic E-state index is 2.51. The van der Waals surface area contributed by atoms with Crippen LogP contribution in [0, 0.1) is 0 Å². The van der Waals surface area contributed by atoms with Crippen molar-refractivity contribution in [3.05, 3.63) is 155 Å². The van der Waals surface area contributed by atoms with E-state index in [2.05, 4.69) is 135 Å². The number of hydrogen-bond acceptors (Lipinski definition) is 0. The fourth-order valence-corrected chi connectivity index (χ4v) is 9.01. The molecule has 2 heterocycles. The van der Waals surface area contributed by atoms with Crippen LogP contribution in [0.15, 0.2) is 132 Å². The molecule has 2 aliphatic heterocycles. The van der Waals surface area contributed by atoms with E-state index in [4.69, 9.17) is 0 Å². The second-order valence-corrected chi connectivity index (χ2v) is 16.5. The van der Waals surface area contributed by atoms with Crippen LogP contribution >= 0.6 is 0 Å². The van der Waals surface area contributed by atoms with Gasteiger partial charge in [-0.2, -0.15) is 0 Å². The van der Waals surface area contributed by atoms with Gasteiger partial charge in [0, 0.05) is 25.7 Å². The number of benzene rings is 4. The van der Waals surface area contributed by atoms with Crippen molar-refractivity contribution in [3.8, 4) is 0 Å². The lowest BCUT2D eigenvalue weighted by molar-refractivity contribution is -0.912. The largest absolute Gasteiger partial charge is 0.326 e. The van der Waals surface area contributed by atoms with Crippen molar-refractivity contribution in [3.63, 3.8) is 0 Å². The molecular weight excluding hydrogens is 629 g/mol. The average Bonchev–Trinajstić information content (AvgIpc) is 3.19. The van der Waals surface area contributed by atoms with E-state index in [9.17, 15) is 0 Å². The summed E-state index contributed by atoms with van der Waals surface area (Å²) in [4.78, 5) is 0. The van der Waals surface area contributed by atoms with Gasteiger partial charge in [0.25, 0.3) is 0 Å². The Balaban J connectivity index is 0.825. The zero-order chi connectivity index (χ0) is 35.9. The first-order valence-corrected chi connectivity index (χ1v) is 20.8. The van der Waals surface area contributed by atoms with Gasteiger partial charge in [0.05, 0.1) is 53.4 Å². The summed E-state index contributed by atoms with van der Waals surface area (Å²) in [5.41, 5.74) is 11.8. The Labute approximate surface area is 317 Å². The van der Waals surface area contributed by atoms with Crippen molar-refractivity contribution < 1.29 is 8.97 Å². The number of quaternary nitrogens is 2. The molecule has 52 heavy (non-hydrogen) atoms. The molecule has 0 saturated carbocycles. The average molecular weight is 695 g/mol. The lowest BCUT2D eigenvalue weighted by Crippen LogP contribution is -2.49. The quantitative estimate of drug-likeness (QED) is 0.0762. The lowest BCUT2D eigenvalue weighted by Gasteiger charge is -2.39. The lowest BCUT2D eigenvalue weighted by atomic mass is 9.88. The first-order valence-electron chi connectivity index (χ1n) is 20.8. The van der Waals surface area contributed by atoms with Crippen LogP contribution in [0.25, 0.3) is 11.1 Å². The number of likely N-dealkylation sites (tertiary alicyclic amines) is 2. The van der Waals surface area contributed by atoms with Crippen molar-refractivity contribution in [2.75, 3.05) is 53.4 Å². The topological polar surface area (TPSA) is 0 Å². The number of hydrogen-bond donors (Lipinski definition) is 0. The minimum atomic E-state index is 1.22. The van der Waals surface area contributed by atoms with Gasteiger partial charge in [-0.05, 0) is 59.1 Å². The molecule has 0 radical (unpaired) electrons. The van der Waals surface area contributed by atoms with Crippen LogP contribution < -0.4 is 0 Å². The molecule has 2 aliphatic rings. The van der Waals surface area contributed by atoms with Crippen molar-refractivity contribution in [2.45, 2.75) is 89.9 Å². The summed E-state index contributed by atoms with van der Waals surface area (Å²) in [5, 5.41) is 0. The Hall–Kier alpha value is -3.72. The number of rotatable bonds is 17. The smallest absolute Gasteiger partial charge is 0.0822 e. The molecule has 0 spiro atoms. The number of piperidine rings is 2. The zero-order valence-corrected chi connectivity index (χ0v) is 32.6. The standard InChI is InChI=1S/C50H66N2/c1-51(39-33-47(34-40-51)49(43-25-15-11-16-26-43)44-27-17-12-18-28-44)37-23-9-7-5-3-4-6-8-10-24-38-52(2)41-35-48(36-42-52)50(45-29-19-13-20-30-45)46-31-21-14-22-32-46/h11-22,25-32H,3-10,23-24,33-42H2,1-2H3/q+2. The minimum absolute atomic E-state index is 1.22. The third kappa shape index (κ3) is 10.9. The van der Waals surface area contributed by atoms with Crippen LogP contribution in [0.5, 0.6) is 0 Å². The van der Waals surface area contributed by atoms with Gasteiger partial charge in [-0.3, -0.25) is 0 Å². The molecule has 0 N–H and O–H groups in total. The van der Waals surface area contributed by atoms with Crippen molar-refractivity contribution in [1.29, 1.82) is 0 Å². The Morgan fingerprint density at radius 1 is 0.346 bits per heavy atom. The zero-order valence-electron chi connectivity index (χ0n) is 32.6. The Bertz CT molecular complexity index is 1450. The van der Waals surface area contributed by atoms with Gasteiger partial charge in [-0.1, -0.05) is 171 Å². The normalized spacial score (nSPS) is 20.5. The molecule has 2 fully saturated rings. The first-order chi connectivity index (χ1) is 25.5. The molecule has 2 nitrogen and oxygen atoms in total. The van der Waals surface area contributed by atoms with E-state index in [1.807, 2.05) is 0 Å². The Kier molecular flexibility index (Phi) is 14.2. The summed E-state index contributed by atoms with van der Waals surface area (Å²) in [6.45, 7) is 7.79. The van der Waals surface area contributed by atoms with E-state index >= 15 is 0 Å². The minimum Gasteiger partial charge on any atom is -0.326 e. The fraction of sp³-hybridized carbons (Fsp3) is 0.440. The highest BCUT2D eigenvalue weighted by Crippen LogP contribution is 2.35. The van der Waals surface area contributed by atoms with Crippen molar-refractivity contribution >= 4 is 11.1 Å². The van der Waals surface area contributed by atoms with Crippen LogP contribution in [0.4, 0.5) is 0 Å². The van der Waals surface area contributed by atoms with Crippen LogP contribution in [-0.2, 0) is 0 Å². The molecule has 0 aromatic heterocycles. The molecule has 0 unspecified atom stereocenters. The fourth-order valence-electron chi connectivity index (χ4n) is 9.01. The van der Waals surface area contributed by atoms with Gasteiger partial charge >= 0.3 is 0 Å². The predicted molar refractivity (Wildman–Crippen MR) is 224 cm³/mol. The van der Waals surface area contributed by atoms with Gasteiger partial charge in [-0.25, -0.2) is 0 Å². The maximum atomic E-state index is 2.51. The molecule has 2 heteroatoms. The predicted octanol–water partition coefficient (Wildman–Crippen LogP) is 12.4. The van der Waals surface area contributed by atoms with Gasteiger partial charge < -0.3 is 8.97 Å². The molecule has 4 aromatic rings. The molecule has 2 saturated heterocycles. The summed E-state index contributed by atoms with van der Waals surface area (Å²) in [5.74, 6) is 0. The van der Waals surface area contributed by atoms with Gasteiger partial charge in [0.2, 0.25) is 0 Å². The highest BCUT2D eigenvalue weighted by molar-refractivity contribution is 5.83. The highest BCUT2D eigenvalue weighted by Gasteiger charge is 2.30. The molecule has 0 amide bonds. The second-order valence-electron chi connectivity index (χ2n) is 16.5. The molecule has 0 aliphatic carbocycles. The number of nitrogens with zero attached hydrogens (tertiary/aromatic N) is 2. The third-order valence-electron chi connectivity index (χ3n) is 12.4. The molecule has 6 rings (SSSR count). The second kappa shape index (κ2) is 19.4. The summed E-state index contributed by atoms with van der Waals surface area (Å²) in [6, 6.07) is 44.3. The summed E-state index contributed by atoms with van der Waals surface area (Å²) in [7, 11) is 5.02. The summed E-state index contributed by atoms with van der Waals surface area (Å²) in [6.07, 6.45) is 19.0. The SMILES string of the molecule is C[N+]1(CCCCCCCCCCCC[N+]2(C)CCC(=C(c3ccccc3)c3ccccc3)CC2)CCC(=C(c2ccccc2)c2ccccc2)CC1. The van der Waals surface area contributed by atoms with Crippen molar-refractivity contribution in [2.24, 2.45) is 0 Å². The van der Waals surface area contributed by atoms with Crippen LogP contribution in [0.3, 0.4) is 0 Å². The van der Waals surface area contributed by atoms with Gasteiger partial charge in [0.1, 0.15) is 0 Å². The summed E-state index contributed by atoms with van der Waals surface area (Å²) >= 11 is 0. The first kappa shape index (κ1) is 38.0. The van der Waals surface area contributed by atoms with E-state index in [1.165, 1.54) is 172 Å². The molecule has 274 valence electrons. The molecule has 4 aromatic carbocycles. The van der Waals surface area contributed by atoms with Gasteiger partial charge in [0.15, 0.2) is 0 Å². The molecular formula is C50H66N2+2. The van der Waals surface area contributed by atoms with Crippen LogP contribution in [0.1, 0.15) is 112 Å². The molecule has 0 atom stereocenters. The van der Waals surface area contributed by atoms with Crippen LogP contribution in [0.2, 0.25) is 0 Å². The van der Waals surface area contributed by atoms with Gasteiger partial charge in [-0.15, -0.1) is 0 Å². The Morgan fingerprint density at radius 3 is 0.827 bits per heavy atom. The summed E-state index contributed by atoms with van der Waals surface area (Å²) < 4.78 is 2.50. The molecule has 0 bridgehead atoms. The monoisotopic (exact) mass is 695 g/mol. The van der Waals surface area contributed by atoms with E-state index in [0.29, 0.717) is 0 Å². The third-order valence-corrected chi connectivity index (χ3v) is 12.4. The van der Waals surface area contributed by atoms with E-state index < -0.39 is 0 Å². The highest BCUT2D eigenvalue weighted by atomic mass is 15.3. The maximum Gasteiger partial charge on any atom is 0.0822 e. The van der Waals surface area contributed by atoms with E-state index in [1.54, 1.807) is 11.1 Å². The number of unbranched alkanes of at least 4 members (excludes halogenated alkanes) is 9. The van der Waals surface area contributed by atoms with Crippen LogP contribution in [-0.4, -0.2) is 62.3 Å². The van der Waals surface area contributed by atoms with E-state index in [-0.39, 0.29) is 0 Å².